The number of hydrogen-bond donors (Lipinski definition) is 1. The van der Waals surface area contributed by atoms with E-state index in [1.807, 2.05) is 17.1 Å². The van der Waals surface area contributed by atoms with Gasteiger partial charge in [-0.2, -0.15) is 5.10 Å². The Labute approximate surface area is 125 Å². The number of nitrogens with zero attached hydrogens (tertiary/aromatic N) is 2. The van der Waals surface area contributed by atoms with E-state index in [1.165, 1.54) is 12.8 Å². The Kier molecular flexibility index (Phi) is 3.83. The molecule has 1 N–H and O–H groups in total. The highest BCUT2D eigenvalue weighted by Crippen LogP contribution is 2.42. The summed E-state index contributed by atoms with van der Waals surface area (Å²) in [5.74, 6) is 0.0827. The van der Waals surface area contributed by atoms with Gasteiger partial charge in [0.2, 0.25) is 11.8 Å². The number of rotatable bonds is 3. The maximum absolute atomic E-state index is 12.4. The highest BCUT2D eigenvalue weighted by Gasteiger charge is 2.42. The van der Waals surface area contributed by atoms with Crippen molar-refractivity contribution in [3.8, 4) is 0 Å². The Balaban J connectivity index is 1.90. The summed E-state index contributed by atoms with van der Waals surface area (Å²) in [6.07, 6.45) is 8.82. The highest BCUT2D eigenvalue weighted by molar-refractivity contribution is 6.00. The number of piperidine rings is 1. The molecule has 114 valence electrons. The van der Waals surface area contributed by atoms with Gasteiger partial charge in [-0.15, -0.1) is 0 Å². The second-order valence-corrected chi connectivity index (χ2v) is 6.64. The molecule has 21 heavy (non-hydrogen) atoms. The van der Waals surface area contributed by atoms with E-state index >= 15 is 0 Å². The molecule has 2 heterocycles. The van der Waals surface area contributed by atoms with Crippen molar-refractivity contribution < 1.29 is 9.59 Å². The first-order chi connectivity index (χ1) is 10.1. The van der Waals surface area contributed by atoms with Gasteiger partial charge in [0.15, 0.2) is 0 Å². The minimum absolute atomic E-state index is 0.0122. The van der Waals surface area contributed by atoms with Gasteiger partial charge in [0.25, 0.3) is 0 Å². The van der Waals surface area contributed by atoms with Crippen LogP contribution in [0.4, 0.5) is 0 Å². The van der Waals surface area contributed by atoms with Crippen molar-refractivity contribution in [1.29, 1.82) is 0 Å². The van der Waals surface area contributed by atoms with E-state index in [1.54, 1.807) is 0 Å². The van der Waals surface area contributed by atoms with Crippen LogP contribution in [-0.2, 0) is 9.59 Å². The van der Waals surface area contributed by atoms with Crippen LogP contribution in [0.5, 0.6) is 0 Å². The van der Waals surface area contributed by atoms with E-state index in [2.05, 4.69) is 24.3 Å². The minimum Gasteiger partial charge on any atom is -0.296 e. The molecule has 0 radical (unpaired) electrons. The van der Waals surface area contributed by atoms with Crippen LogP contribution in [0.15, 0.2) is 12.4 Å². The fraction of sp³-hybridized carbons (Fsp3) is 0.688. The molecule has 0 spiro atoms. The Morgan fingerprint density at radius 1 is 1.29 bits per heavy atom. The SMILES string of the molecule is CC(C)n1cc(C2CC(=O)NC(=O)C2C2CCCC2)cn1. The van der Waals surface area contributed by atoms with Gasteiger partial charge in [0.1, 0.15) is 0 Å². The Bertz CT molecular complexity index is 543. The summed E-state index contributed by atoms with van der Waals surface area (Å²) in [6.45, 7) is 4.15. The predicted molar refractivity (Wildman–Crippen MR) is 78.6 cm³/mol. The maximum Gasteiger partial charge on any atom is 0.230 e. The molecule has 1 saturated carbocycles. The normalized spacial score (nSPS) is 27.4. The molecule has 5 nitrogen and oxygen atoms in total. The number of imide groups is 1. The van der Waals surface area contributed by atoms with Crippen molar-refractivity contribution in [3.05, 3.63) is 18.0 Å². The summed E-state index contributed by atoms with van der Waals surface area (Å²) in [7, 11) is 0. The third-order valence-corrected chi connectivity index (χ3v) is 4.89. The molecule has 1 saturated heterocycles. The van der Waals surface area contributed by atoms with E-state index < -0.39 is 0 Å². The summed E-state index contributed by atoms with van der Waals surface area (Å²) in [5.41, 5.74) is 1.03. The molecule has 0 bridgehead atoms. The van der Waals surface area contributed by atoms with Crippen LogP contribution in [0.1, 0.15) is 63.5 Å². The van der Waals surface area contributed by atoms with E-state index in [9.17, 15) is 9.59 Å². The Morgan fingerprint density at radius 2 is 2.00 bits per heavy atom. The largest absolute Gasteiger partial charge is 0.296 e. The Hall–Kier alpha value is -1.65. The van der Waals surface area contributed by atoms with Gasteiger partial charge in [-0.3, -0.25) is 19.6 Å². The molecule has 0 aromatic carbocycles. The topological polar surface area (TPSA) is 64.0 Å². The van der Waals surface area contributed by atoms with Crippen LogP contribution in [0.25, 0.3) is 0 Å². The summed E-state index contributed by atoms with van der Waals surface area (Å²) >= 11 is 0. The van der Waals surface area contributed by atoms with Crippen LogP contribution in [0.2, 0.25) is 0 Å². The molecule has 2 fully saturated rings. The van der Waals surface area contributed by atoms with Crippen molar-refractivity contribution in [2.24, 2.45) is 11.8 Å². The van der Waals surface area contributed by atoms with Crippen molar-refractivity contribution >= 4 is 11.8 Å². The molecular weight excluding hydrogens is 266 g/mol. The Morgan fingerprint density at radius 3 is 2.62 bits per heavy atom. The van der Waals surface area contributed by atoms with Gasteiger partial charge >= 0.3 is 0 Å². The molecule has 2 amide bonds. The number of hydrogen-bond acceptors (Lipinski definition) is 3. The quantitative estimate of drug-likeness (QED) is 0.869. The van der Waals surface area contributed by atoms with Crippen molar-refractivity contribution in [3.63, 3.8) is 0 Å². The van der Waals surface area contributed by atoms with Crippen molar-refractivity contribution in [2.45, 2.75) is 57.9 Å². The summed E-state index contributed by atoms with van der Waals surface area (Å²) < 4.78 is 1.90. The molecule has 3 rings (SSSR count). The van der Waals surface area contributed by atoms with Gasteiger partial charge in [-0.25, -0.2) is 0 Å². The second kappa shape index (κ2) is 5.62. The molecule has 2 aliphatic rings. The van der Waals surface area contributed by atoms with E-state index in [0.29, 0.717) is 12.3 Å². The lowest BCUT2D eigenvalue weighted by molar-refractivity contribution is -0.138. The zero-order valence-corrected chi connectivity index (χ0v) is 12.7. The monoisotopic (exact) mass is 289 g/mol. The number of aromatic nitrogens is 2. The van der Waals surface area contributed by atoms with Crippen LogP contribution in [0, 0.1) is 11.8 Å². The first-order valence-electron chi connectivity index (χ1n) is 7.94. The molecule has 1 aromatic heterocycles. The molecule has 1 aliphatic heterocycles. The lowest BCUT2D eigenvalue weighted by Gasteiger charge is -2.33. The predicted octanol–water partition coefficient (Wildman–Crippen LogP) is 2.40. The van der Waals surface area contributed by atoms with Gasteiger partial charge < -0.3 is 0 Å². The average molecular weight is 289 g/mol. The van der Waals surface area contributed by atoms with Crippen LogP contribution in [0.3, 0.4) is 0 Å². The fourth-order valence-electron chi connectivity index (χ4n) is 3.79. The first-order valence-corrected chi connectivity index (χ1v) is 7.94. The van der Waals surface area contributed by atoms with Crippen molar-refractivity contribution in [1.82, 2.24) is 15.1 Å². The van der Waals surface area contributed by atoms with Gasteiger partial charge in [-0.05, 0) is 38.2 Å². The summed E-state index contributed by atoms with van der Waals surface area (Å²) in [5, 5.41) is 6.91. The molecule has 1 aromatic rings. The first kappa shape index (κ1) is 14.3. The number of nitrogens with one attached hydrogen (secondary N) is 1. The maximum atomic E-state index is 12.4. The summed E-state index contributed by atoms with van der Waals surface area (Å²) in [4.78, 5) is 24.2. The lowest BCUT2D eigenvalue weighted by Crippen LogP contribution is -2.47. The average Bonchev–Trinajstić information content (AvgIpc) is 3.09. The molecular formula is C16H23N3O2. The zero-order chi connectivity index (χ0) is 15.0. The third kappa shape index (κ3) is 2.74. The number of carbonyl (C=O) groups excluding carboxylic acids is 2. The standard InChI is InChI=1S/C16H23N3O2/c1-10(2)19-9-12(8-17-19)13-7-14(20)18-16(21)15(13)11-5-3-4-6-11/h8-11,13,15H,3-7H2,1-2H3,(H,18,20,21). The smallest absolute Gasteiger partial charge is 0.230 e. The fourth-order valence-corrected chi connectivity index (χ4v) is 3.79. The third-order valence-electron chi connectivity index (χ3n) is 4.89. The van der Waals surface area contributed by atoms with E-state index in [4.69, 9.17) is 0 Å². The summed E-state index contributed by atoms with van der Waals surface area (Å²) in [6, 6.07) is 0.289. The number of amides is 2. The lowest BCUT2D eigenvalue weighted by atomic mass is 9.73. The molecule has 1 aliphatic carbocycles. The van der Waals surface area contributed by atoms with Crippen LogP contribution >= 0.6 is 0 Å². The molecule has 2 unspecified atom stereocenters. The minimum atomic E-state index is -0.156. The zero-order valence-electron chi connectivity index (χ0n) is 12.7. The van der Waals surface area contributed by atoms with E-state index in [0.717, 1.165) is 18.4 Å². The van der Waals surface area contributed by atoms with Gasteiger partial charge in [0.05, 0.1) is 6.20 Å². The second-order valence-electron chi connectivity index (χ2n) is 6.64. The molecule has 5 heteroatoms. The van der Waals surface area contributed by atoms with Gasteiger partial charge in [0, 0.05) is 30.5 Å². The van der Waals surface area contributed by atoms with Crippen LogP contribution in [-0.4, -0.2) is 21.6 Å². The number of carbonyl (C=O) groups is 2. The highest BCUT2D eigenvalue weighted by atomic mass is 16.2. The van der Waals surface area contributed by atoms with E-state index in [-0.39, 0.29) is 29.7 Å². The van der Waals surface area contributed by atoms with Gasteiger partial charge in [-0.1, -0.05) is 12.8 Å². The molecule has 2 atom stereocenters. The van der Waals surface area contributed by atoms with Crippen LogP contribution < -0.4 is 5.32 Å². The van der Waals surface area contributed by atoms with Crippen molar-refractivity contribution in [2.75, 3.05) is 0 Å².